The molecule has 4 atom stereocenters. The number of piperidine rings is 1. The number of carbonyl (C=O) groups excluding carboxylic acids is 1. The Bertz CT molecular complexity index is 489. The number of likely N-dealkylation sites (tertiary alicyclic amines) is 1. The molecule has 0 saturated carbocycles. The first-order valence-corrected chi connectivity index (χ1v) is 8.74. The molecule has 2 amide bonds. The van der Waals surface area contributed by atoms with Gasteiger partial charge in [0.2, 0.25) is 0 Å². The van der Waals surface area contributed by atoms with Crippen molar-refractivity contribution in [2.24, 2.45) is 5.92 Å². The van der Waals surface area contributed by atoms with Crippen molar-refractivity contribution in [2.75, 3.05) is 13.1 Å². The van der Waals surface area contributed by atoms with Crippen LogP contribution in [0.4, 0.5) is 4.79 Å². The minimum absolute atomic E-state index is 0.0237. The van der Waals surface area contributed by atoms with Gasteiger partial charge in [0.25, 0.3) is 0 Å². The van der Waals surface area contributed by atoms with Gasteiger partial charge in [0.15, 0.2) is 0 Å². The van der Waals surface area contributed by atoms with E-state index in [0.29, 0.717) is 24.9 Å². The zero-order chi connectivity index (χ0) is 16.8. The number of nitrogens with zero attached hydrogens (tertiary/aromatic N) is 1. The first-order chi connectivity index (χ1) is 11.0. The highest BCUT2D eigenvalue weighted by Gasteiger charge is 2.27. The maximum atomic E-state index is 12.5. The fraction of sp³-hybridized carbons (Fsp3) is 0.632. The third-order valence-electron chi connectivity index (χ3n) is 4.77. The van der Waals surface area contributed by atoms with Crippen LogP contribution in [0.5, 0.6) is 0 Å². The van der Waals surface area contributed by atoms with Crippen molar-refractivity contribution >= 4 is 6.03 Å². The fourth-order valence-electron chi connectivity index (χ4n) is 3.36. The maximum Gasteiger partial charge on any atom is 0.317 e. The Morgan fingerprint density at radius 1 is 1.30 bits per heavy atom. The second-order valence-electron chi connectivity index (χ2n) is 7.06. The third-order valence-corrected chi connectivity index (χ3v) is 4.77. The summed E-state index contributed by atoms with van der Waals surface area (Å²) >= 11 is 0. The molecule has 1 aliphatic rings. The summed E-state index contributed by atoms with van der Waals surface area (Å²) < 4.78 is 0. The van der Waals surface area contributed by atoms with Crippen LogP contribution in [-0.2, 0) is 0 Å². The van der Waals surface area contributed by atoms with Gasteiger partial charge < -0.3 is 15.3 Å². The Balaban J connectivity index is 1.96. The van der Waals surface area contributed by atoms with E-state index in [1.54, 1.807) is 6.92 Å². The number of nitrogens with one attached hydrogen (secondary N) is 1. The molecular formula is C19H30N2O2. The molecule has 4 heteroatoms. The minimum Gasteiger partial charge on any atom is -0.393 e. The molecule has 4 unspecified atom stereocenters. The lowest BCUT2D eigenvalue weighted by Gasteiger charge is -2.37. The summed E-state index contributed by atoms with van der Waals surface area (Å²) in [5.74, 6) is 0.706. The van der Waals surface area contributed by atoms with Gasteiger partial charge in [0.05, 0.1) is 6.10 Å². The molecule has 0 bridgehead atoms. The van der Waals surface area contributed by atoms with Gasteiger partial charge in [-0.25, -0.2) is 4.79 Å². The first kappa shape index (κ1) is 17.8. The predicted molar refractivity (Wildman–Crippen MR) is 93.4 cm³/mol. The lowest BCUT2D eigenvalue weighted by Crippen LogP contribution is -2.50. The SMILES string of the molecule is CC(O)CC(CNC(=O)N1CC(C)CCC1C)c1ccccc1. The highest BCUT2D eigenvalue weighted by Crippen LogP contribution is 2.23. The van der Waals surface area contributed by atoms with Crippen LogP contribution in [-0.4, -0.2) is 41.3 Å². The molecule has 0 aromatic heterocycles. The van der Waals surface area contributed by atoms with E-state index < -0.39 is 0 Å². The van der Waals surface area contributed by atoms with Crippen LogP contribution in [0.1, 0.15) is 51.5 Å². The second-order valence-corrected chi connectivity index (χ2v) is 7.06. The summed E-state index contributed by atoms with van der Waals surface area (Å²) in [5.41, 5.74) is 1.16. The van der Waals surface area contributed by atoms with E-state index >= 15 is 0 Å². The molecule has 4 nitrogen and oxygen atoms in total. The first-order valence-electron chi connectivity index (χ1n) is 8.74. The van der Waals surface area contributed by atoms with Gasteiger partial charge in [-0.15, -0.1) is 0 Å². The summed E-state index contributed by atoms with van der Waals surface area (Å²) in [5, 5.41) is 12.8. The number of benzene rings is 1. The van der Waals surface area contributed by atoms with Crippen molar-refractivity contribution in [1.82, 2.24) is 10.2 Å². The molecule has 1 aromatic carbocycles. The van der Waals surface area contributed by atoms with Crippen LogP contribution in [0.25, 0.3) is 0 Å². The van der Waals surface area contributed by atoms with E-state index in [4.69, 9.17) is 0 Å². The standard InChI is InChI=1S/C19H30N2O2/c1-14-9-10-15(2)21(13-14)19(23)20-12-18(11-16(3)22)17-7-5-4-6-8-17/h4-8,14-16,18,22H,9-13H2,1-3H3,(H,20,23). The molecule has 2 N–H and O–H groups in total. The molecule has 1 heterocycles. The molecule has 1 fully saturated rings. The minimum atomic E-state index is -0.383. The molecule has 128 valence electrons. The normalized spacial score (nSPS) is 24.1. The Kier molecular flexibility index (Phi) is 6.46. The zero-order valence-electron chi connectivity index (χ0n) is 14.5. The van der Waals surface area contributed by atoms with Crippen molar-refractivity contribution in [2.45, 2.75) is 58.1 Å². The van der Waals surface area contributed by atoms with Gasteiger partial charge in [0, 0.05) is 25.0 Å². The van der Waals surface area contributed by atoms with Crippen molar-refractivity contribution < 1.29 is 9.90 Å². The fourth-order valence-corrected chi connectivity index (χ4v) is 3.36. The Labute approximate surface area is 139 Å². The van der Waals surface area contributed by atoms with Gasteiger partial charge in [-0.05, 0) is 44.6 Å². The average Bonchev–Trinajstić information content (AvgIpc) is 2.54. The molecule has 23 heavy (non-hydrogen) atoms. The molecule has 1 aromatic rings. The number of amides is 2. The number of aliphatic hydroxyl groups is 1. The number of rotatable bonds is 5. The lowest BCUT2D eigenvalue weighted by molar-refractivity contribution is 0.134. The van der Waals surface area contributed by atoms with E-state index in [2.05, 4.69) is 31.3 Å². The number of hydrogen-bond donors (Lipinski definition) is 2. The molecule has 1 saturated heterocycles. The third kappa shape index (κ3) is 5.24. The zero-order valence-corrected chi connectivity index (χ0v) is 14.5. The number of hydrogen-bond acceptors (Lipinski definition) is 2. The second kappa shape index (κ2) is 8.34. The summed E-state index contributed by atoms with van der Waals surface area (Å²) in [7, 11) is 0. The molecule has 0 aliphatic carbocycles. The predicted octanol–water partition coefficient (Wildman–Crippen LogP) is 3.37. The highest BCUT2D eigenvalue weighted by atomic mass is 16.3. The Hall–Kier alpha value is -1.55. The Morgan fingerprint density at radius 3 is 2.65 bits per heavy atom. The van der Waals surface area contributed by atoms with Crippen molar-refractivity contribution in [3.63, 3.8) is 0 Å². The van der Waals surface area contributed by atoms with Gasteiger partial charge in [-0.2, -0.15) is 0 Å². The quantitative estimate of drug-likeness (QED) is 0.874. The van der Waals surface area contributed by atoms with Crippen LogP contribution in [0.2, 0.25) is 0 Å². The van der Waals surface area contributed by atoms with Gasteiger partial charge in [-0.3, -0.25) is 0 Å². The van der Waals surface area contributed by atoms with Crippen LogP contribution < -0.4 is 5.32 Å². The van der Waals surface area contributed by atoms with Gasteiger partial charge in [0.1, 0.15) is 0 Å². The van der Waals surface area contributed by atoms with Gasteiger partial charge in [-0.1, -0.05) is 37.3 Å². The summed E-state index contributed by atoms with van der Waals surface area (Å²) in [6.07, 6.45) is 2.53. The number of aliphatic hydroxyl groups excluding tert-OH is 1. The van der Waals surface area contributed by atoms with E-state index in [1.807, 2.05) is 23.1 Å². The van der Waals surface area contributed by atoms with E-state index in [9.17, 15) is 9.90 Å². The maximum absolute atomic E-state index is 12.5. The van der Waals surface area contributed by atoms with E-state index in [-0.39, 0.29) is 18.1 Å². The van der Waals surface area contributed by atoms with E-state index in [0.717, 1.165) is 18.5 Å². The number of carbonyl (C=O) groups is 1. The van der Waals surface area contributed by atoms with Crippen LogP contribution in [0, 0.1) is 5.92 Å². The summed E-state index contributed by atoms with van der Waals surface area (Å²) in [6.45, 7) is 7.51. The molecule has 1 aliphatic heterocycles. The summed E-state index contributed by atoms with van der Waals surface area (Å²) in [6, 6.07) is 10.4. The largest absolute Gasteiger partial charge is 0.393 e. The van der Waals surface area contributed by atoms with Crippen LogP contribution in [0.15, 0.2) is 30.3 Å². The average molecular weight is 318 g/mol. The van der Waals surface area contributed by atoms with E-state index in [1.165, 1.54) is 6.42 Å². The molecule has 0 spiro atoms. The Morgan fingerprint density at radius 2 is 2.00 bits per heavy atom. The van der Waals surface area contributed by atoms with Gasteiger partial charge >= 0.3 is 6.03 Å². The monoisotopic (exact) mass is 318 g/mol. The molecule has 0 radical (unpaired) electrons. The van der Waals surface area contributed by atoms with Crippen LogP contribution in [0.3, 0.4) is 0 Å². The lowest BCUT2D eigenvalue weighted by atomic mass is 9.93. The summed E-state index contributed by atoms with van der Waals surface area (Å²) in [4.78, 5) is 14.5. The van der Waals surface area contributed by atoms with Crippen molar-refractivity contribution in [3.05, 3.63) is 35.9 Å². The molecule has 2 rings (SSSR count). The number of urea groups is 1. The van der Waals surface area contributed by atoms with Crippen LogP contribution >= 0.6 is 0 Å². The molecular weight excluding hydrogens is 288 g/mol. The smallest absolute Gasteiger partial charge is 0.317 e. The van der Waals surface area contributed by atoms with Crippen molar-refractivity contribution in [3.8, 4) is 0 Å². The highest BCUT2D eigenvalue weighted by molar-refractivity contribution is 5.74. The topological polar surface area (TPSA) is 52.6 Å². The van der Waals surface area contributed by atoms with Crippen molar-refractivity contribution in [1.29, 1.82) is 0 Å².